The molecule has 0 fully saturated rings. The second kappa shape index (κ2) is 5.68. The molecular formula is C13H18N2O. The Balaban J connectivity index is 1.91. The lowest BCUT2D eigenvalue weighted by molar-refractivity contribution is 0.194. The van der Waals surface area contributed by atoms with Crippen LogP contribution in [0.25, 0.3) is 10.9 Å². The van der Waals surface area contributed by atoms with Gasteiger partial charge in [0.05, 0.1) is 0 Å². The molecule has 0 bridgehead atoms. The first-order valence-electron chi connectivity index (χ1n) is 5.66. The minimum atomic E-state index is 0.821. The van der Waals surface area contributed by atoms with Gasteiger partial charge >= 0.3 is 0 Å². The summed E-state index contributed by atoms with van der Waals surface area (Å²) in [7, 11) is 1.74. The fourth-order valence-electron chi connectivity index (χ4n) is 1.87. The van der Waals surface area contributed by atoms with Gasteiger partial charge in [-0.25, -0.2) is 0 Å². The van der Waals surface area contributed by atoms with Gasteiger partial charge in [0.2, 0.25) is 0 Å². The monoisotopic (exact) mass is 218 g/mol. The summed E-state index contributed by atoms with van der Waals surface area (Å²) in [5, 5.41) is 4.73. The highest BCUT2D eigenvalue weighted by atomic mass is 16.5. The Labute approximate surface area is 95.8 Å². The molecule has 2 N–H and O–H groups in total. The SMILES string of the molecule is COCCCNCc1cccc2[nH]ccc12. The number of aromatic amines is 1. The van der Waals surface area contributed by atoms with E-state index in [2.05, 4.69) is 34.6 Å². The van der Waals surface area contributed by atoms with Crippen molar-refractivity contribution < 1.29 is 4.74 Å². The van der Waals surface area contributed by atoms with Crippen molar-refractivity contribution in [3.8, 4) is 0 Å². The Bertz CT molecular complexity index is 436. The maximum Gasteiger partial charge on any atom is 0.0474 e. The molecule has 2 aromatic rings. The lowest BCUT2D eigenvalue weighted by Crippen LogP contribution is -2.16. The number of aromatic nitrogens is 1. The Kier molecular flexibility index (Phi) is 3.97. The first kappa shape index (κ1) is 11.2. The average Bonchev–Trinajstić information content (AvgIpc) is 2.77. The van der Waals surface area contributed by atoms with Gasteiger partial charge in [-0.1, -0.05) is 12.1 Å². The van der Waals surface area contributed by atoms with E-state index >= 15 is 0 Å². The fraction of sp³-hybridized carbons (Fsp3) is 0.385. The van der Waals surface area contributed by atoms with Crippen LogP contribution in [0, 0.1) is 0 Å². The molecule has 0 aliphatic rings. The molecular weight excluding hydrogens is 200 g/mol. The predicted octanol–water partition coefficient (Wildman–Crippen LogP) is 2.29. The van der Waals surface area contributed by atoms with E-state index in [9.17, 15) is 0 Å². The van der Waals surface area contributed by atoms with Crippen LogP contribution < -0.4 is 5.32 Å². The molecule has 3 nitrogen and oxygen atoms in total. The number of methoxy groups -OCH3 is 1. The summed E-state index contributed by atoms with van der Waals surface area (Å²) in [6.07, 6.45) is 3.04. The second-order valence-electron chi connectivity index (χ2n) is 3.88. The van der Waals surface area contributed by atoms with Crippen molar-refractivity contribution >= 4 is 10.9 Å². The maximum absolute atomic E-state index is 5.01. The van der Waals surface area contributed by atoms with Crippen LogP contribution in [0.3, 0.4) is 0 Å². The summed E-state index contributed by atoms with van der Waals surface area (Å²) < 4.78 is 5.01. The van der Waals surface area contributed by atoms with Crippen LogP contribution in [0.5, 0.6) is 0 Å². The lowest BCUT2D eigenvalue weighted by Gasteiger charge is -2.05. The fourth-order valence-corrected chi connectivity index (χ4v) is 1.87. The van der Waals surface area contributed by atoms with E-state index in [0.717, 1.165) is 26.1 Å². The Morgan fingerprint density at radius 2 is 2.25 bits per heavy atom. The number of hydrogen-bond acceptors (Lipinski definition) is 2. The standard InChI is InChI=1S/C13H18N2O/c1-16-9-3-7-14-10-11-4-2-5-13-12(11)6-8-15-13/h2,4-6,8,14-15H,3,7,9-10H2,1H3. The third-order valence-electron chi connectivity index (χ3n) is 2.70. The van der Waals surface area contributed by atoms with Gasteiger partial charge in [-0.05, 0) is 30.7 Å². The van der Waals surface area contributed by atoms with E-state index in [1.54, 1.807) is 7.11 Å². The van der Waals surface area contributed by atoms with Crippen LogP contribution in [0.1, 0.15) is 12.0 Å². The molecule has 1 aromatic carbocycles. The highest BCUT2D eigenvalue weighted by Crippen LogP contribution is 2.16. The van der Waals surface area contributed by atoms with Crippen molar-refractivity contribution in [1.29, 1.82) is 0 Å². The van der Waals surface area contributed by atoms with Crippen molar-refractivity contribution in [1.82, 2.24) is 10.3 Å². The van der Waals surface area contributed by atoms with Gasteiger partial charge in [0.1, 0.15) is 0 Å². The third-order valence-corrected chi connectivity index (χ3v) is 2.70. The largest absolute Gasteiger partial charge is 0.385 e. The molecule has 3 heteroatoms. The molecule has 86 valence electrons. The Morgan fingerprint density at radius 1 is 1.31 bits per heavy atom. The van der Waals surface area contributed by atoms with E-state index in [1.807, 2.05) is 6.20 Å². The summed E-state index contributed by atoms with van der Waals surface area (Å²) in [5.74, 6) is 0. The van der Waals surface area contributed by atoms with Gasteiger partial charge in [0, 0.05) is 37.4 Å². The molecule has 0 aliphatic heterocycles. The molecule has 16 heavy (non-hydrogen) atoms. The molecule has 0 atom stereocenters. The van der Waals surface area contributed by atoms with Crippen molar-refractivity contribution in [3.63, 3.8) is 0 Å². The van der Waals surface area contributed by atoms with Crippen LogP contribution in [0.15, 0.2) is 30.5 Å². The van der Waals surface area contributed by atoms with Crippen molar-refractivity contribution in [3.05, 3.63) is 36.0 Å². The van der Waals surface area contributed by atoms with E-state index in [0.29, 0.717) is 0 Å². The highest BCUT2D eigenvalue weighted by Gasteiger charge is 2.00. The molecule has 0 amide bonds. The molecule has 1 heterocycles. The van der Waals surface area contributed by atoms with Gasteiger partial charge in [0.25, 0.3) is 0 Å². The third kappa shape index (κ3) is 2.62. The van der Waals surface area contributed by atoms with Crippen molar-refractivity contribution in [2.24, 2.45) is 0 Å². The first-order valence-corrected chi connectivity index (χ1v) is 5.66. The molecule has 2 rings (SSSR count). The zero-order valence-electron chi connectivity index (χ0n) is 9.62. The first-order chi connectivity index (χ1) is 7.92. The molecule has 1 aromatic heterocycles. The smallest absolute Gasteiger partial charge is 0.0474 e. The Morgan fingerprint density at radius 3 is 3.12 bits per heavy atom. The van der Waals surface area contributed by atoms with Gasteiger partial charge in [-0.2, -0.15) is 0 Å². The van der Waals surface area contributed by atoms with Gasteiger partial charge < -0.3 is 15.0 Å². The zero-order valence-corrected chi connectivity index (χ0v) is 9.62. The van der Waals surface area contributed by atoms with Gasteiger partial charge in [-0.15, -0.1) is 0 Å². The quantitative estimate of drug-likeness (QED) is 0.730. The average molecular weight is 218 g/mol. The van der Waals surface area contributed by atoms with E-state index in [-0.39, 0.29) is 0 Å². The number of nitrogens with one attached hydrogen (secondary N) is 2. The Hall–Kier alpha value is -1.32. The van der Waals surface area contributed by atoms with Crippen LogP contribution in [0.4, 0.5) is 0 Å². The van der Waals surface area contributed by atoms with Crippen molar-refractivity contribution in [2.45, 2.75) is 13.0 Å². The number of hydrogen-bond donors (Lipinski definition) is 2. The summed E-state index contributed by atoms with van der Waals surface area (Å²) in [6.45, 7) is 2.73. The summed E-state index contributed by atoms with van der Waals surface area (Å²) >= 11 is 0. The van der Waals surface area contributed by atoms with Gasteiger partial charge in [0.15, 0.2) is 0 Å². The zero-order chi connectivity index (χ0) is 11.2. The molecule has 0 radical (unpaired) electrons. The predicted molar refractivity (Wildman–Crippen MR) is 66.5 cm³/mol. The van der Waals surface area contributed by atoms with Crippen LogP contribution in [0.2, 0.25) is 0 Å². The minimum Gasteiger partial charge on any atom is -0.385 e. The highest BCUT2D eigenvalue weighted by molar-refractivity contribution is 5.82. The molecule has 0 saturated carbocycles. The summed E-state index contributed by atoms with van der Waals surface area (Å²) in [4.78, 5) is 3.22. The maximum atomic E-state index is 5.01. The minimum absolute atomic E-state index is 0.821. The van der Waals surface area contributed by atoms with E-state index in [1.165, 1.54) is 16.5 Å². The topological polar surface area (TPSA) is 37.0 Å². The number of rotatable bonds is 6. The van der Waals surface area contributed by atoms with Gasteiger partial charge in [-0.3, -0.25) is 0 Å². The van der Waals surface area contributed by atoms with Crippen LogP contribution in [-0.4, -0.2) is 25.2 Å². The second-order valence-corrected chi connectivity index (χ2v) is 3.88. The lowest BCUT2D eigenvalue weighted by atomic mass is 10.1. The number of ether oxygens (including phenoxy) is 1. The molecule has 0 saturated heterocycles. The van der Waals surface area contributed by atoms with E-state index in [4.69, 9.17) is 4.74 Å². The summed E-state index contributed by atoms with van der Waals surface area (Å²) in [6, 6.07) is 8.48. The van der Waals surface area contributed by atoms with Crippen molar-refractivity contribution in [2.75, 3.05) is 20.3 Å². The molecule has 0 aliphatic carbocycles. The molecule has 0 unspecified atom stereocenters. The van der Waals surface area contributed by atoms with E-state index < -0.39 is 0 Å². The number of H-pyrrole nitrogens is 1. The number of benzene rings is 1. The van der Waals surface area contributed by atoms with Crippen LogP contribution in [-0.2, 0) is 11.3 Å². The summed E-state index contributed by atoms with van der Waals surface area (Å²) in [5.41, 5.74) is 2.55. The normalized spacial score (nSPS) is 11.1. The van der Waals surface area contributed by atoms with Crippen LogP contribution >= 0.6 is 0 Å². The molecule has 0 spiro atoms. The number of fused-ring (bicyclic) bond motifs is 1.